The minimum Gasteiger partial charge on any atom is -0.313 e. The average Bonchev–Trinajstić information content (AvgIpc) is 2.74. The second-order valence-corrected chi connectivity index (χ2v) is 6.93. The highest BCUT2D eigenvalue weighted by Gasteiger charge is 2.31. The molecule has 0 saturated heterocycles. The van der Waals surface area contributed by atoms with Crippen LogP contribution < -0.4 is 5.32 Å². The minimum atomic E-state index is -3.55. The normalized spacial score (nSPS) is 12.6. The number of aromatic nitrogens is 2. The standard InChI is InChI=1S/C13H26N4O2S/c1-6-8-17(10(3)4)20(18,19)13-12(9-14-7-2)11(5)15-16-13/h10,14H,6-9H2,1-5H3,(H,15,16). The summed E-state index contributed by atoms with van der Waals surface area (Å²) in [5.74, 6) is 0. The number of nitrogens with zero attached hydrogens (tertiary/aromatic N) is 2. The molecular formula is C13H26N4O2S. The van der Waals surface area contributed by atoms with Crippen LogP contribution >= 0.6 is 0 Å². The molecule has 1 aromatic heterocycles. The largest absolute Gasteiger partial charge is 0.313 e. The molecule has 6 nitrogen and oxygen atoms in total. The molecule has 0 unspecified atom stereocenters. The first kappa shape index (κ1) is 17.1. The molecule has 0 spiro atoms. The Morgan fingerprint density at radius 2 is 2.00 bits per heavy atom. The molecule has 0 aliphatic carbocycles. The third kappa shape index (κ3) is 3.59. The van der Waals surface area contributed by atoms with Crippen molar-refractivity contribution in [1.82, 2.24) is 19.8 Å². The Kier molecular flexibility index (Phi) is 6.16. The zero-order chi connectivity index (χ0) is 15.3. The molecule has 0 atom stereocenters. The van der Waals surface area contributed by atoms with Crippen LogP contribution in [0.3, 0.4) is 0 Å². The fourth-order valence-corrected chi connectivity index (χ4v) is 3.99. The van der Waals surface area contributed by atoms with E-state index in [1.54, 1.807) is 0 Å². The fourth-order valence-electron chi connectivity index (χ4n) is 2.09. The van der Waals surface area contributed by atoms with Crippen molar-refractivity contribution in [3.8, 4) is 0 Å². The topological polar surface area (TPSA) is 78.1 Å². The van der Waals surface area contributed by atoms with E-state index in [9.17, 15) is 8.42 Å². The molecule has 0 aliphatic rings. The molecule has 0 amide bonds. The van der Waals surface area contributed by atoms with Crippen LogP contribution in [0.15, 0.2) is 5.03 Å². The highest BCUT2D eigenvalue weighted by Crippen LogP contribution is 2.22. The molecule has 0 fully saturated rings. The average molecular weight is 302 g/mol. The van der Waals surface area contributed by atoms with Gasteiger partial charge in [-0.05, 0) is 33.7 Å². The second kappa shape index (κ2) is 7.19. The Morgan fingerprint density at radius 1 is 1.35 bits per heavy atom. The molecule has 7 heteroatoms. The molecule has 0 bridgehead atoms. The van der Waals surface area contributed by atoms with Crippen LogP contribution in [0.25, 0.3) is 0 Å². The van der Waals surface area contributed by atoms with Gasteiger partial charge in [0.25, 0.3) is 10.0 Å². The van der Waals surface area contributed by atoms with E-state index in [0.29, 0.717) is 13.1 Å². The molecule has 2 N–H and O–H groups in total. The van der Waals surface area contributed by atoms with E-state index in [2.05, 4.69) is 15.5 Å². The smallest absolute Gasteiger partial charge is 0.262 e. The van der Waals surface area contributed by atoms with E-state index in [1.807, 2.05) is 34.6 Å². The molecule has 0 aliphatic heterocycles. The fraction of sp³-hybridized carbons (Fsp3) is 0.769. The van der Waals surface area contributed by atoms with Gasteiger partial charge in [0.15, 0.2) is 5.03 Å². The maximum absolute atomic E-state index is 12.8. The van der Waals surface area contributed by atoms with Gasteiger partial charge in [0, 0.05) is 30.4 Å². The second-order valence-electron chi connectivity index (χ2n) is 5.12. The number of H-pyrrole nitrogens is 1. The van der Waals surface area contributed by atoms with Crippen LogP contribution in [-0.4, -0.2) is 42.1 Å². The van der Waals surface area contributed by atoms with Crippen LogP contribution in [0.2, 0.25) is 0 Å². The van der Waals surface area contributed by atoms with E-state index in [4.69, 9.17) is 0 Å². The summed E-state index contributed by atoms with van der Waals surface area (Å²) in [5, 5.41) is 10.1. The lowest BCUT2D eigenvalue weighted by atomic mass is 10.2. The van der Waals surface area contributed by atoms with Crippen molar-refractivity contribution in [2.45, 2.75) is 58.7 Å². The number of rotatable bonds is 8. The van der Waals surface area contributed by atoms with Crippen molar-refractivity contribution in [2.75, 3.05) is 13.1 Å². The summed E-state index contributed by atoms with van der Waals surface area (Å²) in [6, 6.07) is -0.0797. The van der Waals surface area contributed by atoms with Gasteiger partial charge >= 0.3 is 0 Å². The summed E-state index contributed by atoms with van der Waals surface area (Å²) in [5.41, 5.74) is 1.53. The van der Waals surface area contributed by atoms with Crippen LogP contribution in [0, 0.1) is 6.92 Å². The lowest BCUT2D eigenvalue weighted by Gasteiger charge is -2.24. The van der Waals surface area contributed by atoms with Gasteiger partial charge < -0.3 is 5.32 Å². The summed E-state index contributed by atoms with van der Waals surface area (Å²) in [4.78, 5) is 0. The summed E-state index contributed by atoms with van der Waals surface area (Å²) in [7, 11) is -3.55. The molecule has 0 radical (unpaired) electrons. The highest BCUT2D eigenvalue weighted by molar-refractivity contribution is 7.89. The highest BCUT2D eigenvalue weighted by atomic mass is 32.2. The quantitative estimate of drug-likeness (QED) is 0.765. The van der Waals surface area contributed by atoms with E-state index < -0.39 is 10.0 Å². The van der Waals surface area contributed by atoms with Gasteiger partial charge in [-0.2, -0.15) is 9.40 Å². The first-order valence-corrected chi connectivity index (χ1v) is 8.56. The first-order valence-electron chi connectivity index (χ1n) is 7.12. The van der Waals surface area contributed by atoms with Gasteiger partial charge in [0.1, 0.15) is 0 Å². The lowest BCUT2D eigenvalue weighted by Crippen LogP contribution is -2.38. The summed E-state index contributed by atoms with van der Waals surface area (Å²) < 4.78 is 27.1. The molecule has 116 valence electrons. The van der Waals surface area contributed by atoms with Gasteiger partial charge in [-0.15, -0.1) is 0 Å². The number of aryl methyl sites for hydroxylation is 1. The van der Waals surface area contributed by atoms with Gasteiger partial charge in [-0.3, -0.25) is 5.10 Å². The van der Waals surface area contributed by atoms with Crippen LogP contribution in [0.5, 0.6) is 0 Å². The predicted molar refractivity (Wildman–Crippen MR) is 80.0 cm³/mol. The Labute approximate surface area is 122 Å². The molecule has 20 heavy (non-hydrogen) atoms. The molecule has 0 aromatic carbocycles. The number of nitrogens with one attached hydrogen (secondary N) is 2. The minimum absolute atomic E-state index is 0.0797. The molecular weight excluding hydrogens is 276 g/mol. The van der Waals surface area contributed by atoms with Crippen LogP contribution in [0.1, 0.15) is 45.4 Å². The third-order valence-corrected chi connectivity index (χ3v) is 5.21. The van der Waals surface area contributed by atoms with E-state index in [-0.39, 0.29) is 11.1 Å². The number of hydrogen-bond donors (Lipinski definition) is 2. The summed E-state index contributed by atoms with van der Waals surface area (Å²) in [6.07, 6.45) is 0.781. The first-order chi connectivity index (χ1) is 9.36. The predicted octanol–water partition coefficient (Wildman–Crippen LogP) is 1.64. The van der Waals surface area contributed by atoms with Crippen molar-refractivity contribution in [3.63, 3.8) is 0 Å². The Bertz CT molecular complexity index is 522. The molecule has 1 rings (SSSR count). The maximum atomic E-state index is 12.8. The van der Waals surface area contributed by atoms with E-state index in [0.717, 1.165) is 24.2 Å². The maximum Gasteiger partial charge on any atom is 0.262 e. The third-order valence-electron chi connectivity index (χ3n) is 3.16. The van der Waals surface area contributed by atoms with Crippen LogP contribution in [0.4, 0.5) is 0 Å². The van der Waals surface area contributed by atoms with Crippen molar-refractivity contribution in [3.05, 3.63) is 11.3 Å². The molecule has 1 heterocycles. The van der Waals surface area contributed by atoms with E-state index >= 15 is 0 Å². The van der Waals surface area contributed by atoms with Gasteiger partial charge in [0.05, 0.1) is 0 Å². The molecule has 1 aromatic rings. The number of sulfonamides is 1. The monoisotopic (exact) mass is 302 g/mol. The molecule has 0 saturated carbocycles. The zero-order valence-corrected chi connectivity index (χ0v) is 13.8. The van der Waals surface area contributed by atoms with Crippen LogP contribution in [-0.2, 0) is 16.6 Å². The lowest BCUT2D eigenvalue weighted by molar-refractivity contribution is 0.352. The van der Waals surface area contributed by atoms with Crippen molar-refractivity contribution < 1.29 is 8.42 Å². The Balaban J connectivity index is 3.20. The van der Waals surface area contributed by atoms with Gasteiger partial charge in [-0.1, -0.05) is 13.8 Å². The number of aromatic amines is 1. The van der Waals surface area contributed by atoms with Crippen molar-refractivity contribution in [2.24, 2.45) is 0 Å². The number of hydrogen-bond acceptors (Lipinski definition) is 4. The van der Waals surface area contributed by atoms with Gasteiger partial charge in [-0.25, -0.2) is 8.42 Å². The zero-order valence-electron chi connectivity index (χ0n) is 13.0. The Morgan fingerprint density at radius 3 is 2.50 bits per heavy atom. The summed E-state index contributed by atoms with van der Waals surface area (Å²) >= 11 is 0. The SMILES string of the molecule is CCCN(C(C)C)S(=O)(=O)c1n[nH]c(C)c1CNCC. The van der Waals surface area contributed by atoms with Gasteiger partial charge in [0.2, 0.25) is 0 Å². The Hall–Kier alpha value is -0.920. The van der Waals surface area contributed by atoms with Crippen molar-refractivity contribution >= 4 is 10.0 Å². The summed E-state index contributed by atoms with van der Waals surface area (Å²) in [6.45, 7) is 11.4. The van der Waals surface area contributed by atoms with E-state index in [1.165, 1.54) is 4.31 Å². The van der Waals surface area contributed by atoms with Crippen molar-refractivity contribution in [1.29, 1.82) is 0 Å².